The summed E-state index contributed by atoms with van der Waals surface area (Å²) in [5.74, 6) is 0. The van der Waals surface area contributed by atoms with Gasteiger partial charge < -0.3 is 49.4 Å². The third-order valence-electron chi connectivity index (χ3n) is 16.3. The molecule has 6 aliphatic heterocycles. The molecule has 0 atom stereocenters. The molecule has 55 heavy (non-hydrogen) atoms. The molecule has 6 saturated heterocycles. The highest BCUT2D eigenvalue weighted by atomic mass is 28.6. The fraction of sp³-hybridized carbons (Fsp3) is 1.00. The van der Waals surface area contributed by atoms with Gasteiger partial charge in [0.15, 0.2) is 0 Å². The van der Waals surface area contributed by atoms with Crippen LogP contribution in [0.4, 0.5) is 0 Å². The Balaban J connectivity index is 1.16. The maximum Gasteiger partial charge on any atom is 0.482 e. The van der Waals surface area contributed by atoms with E-state index in [1.807, 2.05) is 0 Å². The Kier molecular flexibility index (Phi) is 9.76. The van der Waals surface area contributed by atoms with E-state index in [1.165, 1.54) is 0 Å². The van der Waals surface area contributed by atoms with Crippen LogP contribution in [0.1, 0.15) is 180 Å². The summed E-state index contributed by atoms with van der Waals surface area (Å²) < 4.78 is 97.7. The summed E-state index contributed by atoms with van der Waals surface area (Å²) in [7, 11) is -29.4. The predicted octanol–water partition coefficient (Wildman–Crippen LogP) is 9.15. The molecule has 308 valence electrons. The van der Waals surface area contributed by atoms with Crippen molar-refractivity contribution in [1.82, 2.24) is 0 Å². The van der Waals surface area contributed by atoms with Gasteiger partial charge in [-0.1, -0.05) is 89.9 Å². The molecule has 13 rings (SSSR count). The molecule has 12 nitrogen and oxygen atoms in total. The predicted molar refractivity (Wildman–Crippen MR) is 216 cm³/mol. The Morgan fingerprint density at radius 1 is 0.218 bits per heavy atom. The highest BCUT2D eigenvalue weighted by molar-refractivity contribution is 7.03. The maximum atomic E-state index is 8.33. The van der Waals surface area contributed by atoms with Gasteiger partial charge in [0.25, 0.3) is 0 Å². The van der Waals surface area contributed by atoms with Crippen molar-refractivity contribution in [1.29, 1.82) is 0 Å². The lowest BCUT2D eigenvalue weighted by atomic mass is 10.4. The average Bonchev–Trinajstić information content (AvgIpc) is 4.01. The first-order valence-corrected chi connectivity index (χ1v) is 37.3. The van der Waals surface area contributed by atoms with E-state index in [9.17, 15) is 0 Å². The van der Waals surface area contributed by atoms with E-state index in [1.54, 1.807) is 0 Å². The van der Waals surface area contributed by atoms with E-state index in [0.717, 1.165) is 180 Å². The maximum absolute atomic E-state index is 8.33. The fourth-order valence-electron chi connectivity index (χ4n) is 13.5. The van der Waals surface area contributed by atoms with Crippen molar-refractivity contribution in [3.8, 4) is 0 Å². The van der Waals surface area contributed by atoms with E-state index in [-0.39, 0.29) is 38.8 Å². The Labute approximate surface area is 337 Å². The topological polar surface area (TPSA) is 111 Å². The first kappa shape index (κ1) is 38.0. The molecule has 0 aromatic heterocycles. The monoisotopic (exact) mass is 900 g/mol. The molecular formula is C35H64O12Si8. The summed E-state index contributed by atoms with van der Waals surface area (Å²) in [5, 5.41) is 0. The van der Waals surface area contributed by atoms with Crippen molar-refractivity contribution in [2.24, 2.45) is 0 Å². The van der Waals surface area contributed by atoms with Crippen molar-refractivity contribution < 1.29 is 49.4 Å². The molecule has 0 aromatic rings. The summed E-state index contributed by atoms with van der Waals surface area (Å²) in [6.07, 6.45) is 29.9. The Hall–Kier alpha value is 1.26. The summed E-state index contributed by atoms with van der Waals surface area (Å²) in [6, 6.07) is 0. The summed E-state index contributed by atoms with van der Waals surface area (Å²) >= 11 is 0. The Bertz CT molecular complexity index is 1270. The van der Waals surface area contributed by atoms with Gasteiger partial charge in [0.1, 0.15) is 0 Å². The second-order valence-electron chi connectivity index (χ2n) is 19.7. The molecule has 7 aliphatic carbocycles. The van der Waals surface area contributed by atoms with E-state index < -0.39 is 71.2 Å². The van der Waals surface area contributed by atoms with Crippen LogP contribution >= 0.6 is 0 Å². The zero-order valence-electron chi connectivity index (χ0n) is 32.8. The molecular weight excluding hydrogens is 837 g/mol. The van der Waals surface area contributed by atoms with Gasteiger partial charge in [-0.3, -0.25) is 0 Å². The van der Waals surface area contributed by atoms with Crippen LogP contribution in [0.15, 0.2) is 0 Å². The highest BCUT2D eigenvalue weighted by Crippen LogP contribution is 2.65. The summed E-state index contributed by atoms with van der Waals surface area (Å²) in [5.41, 5.74) is 0.748. The molecule has 8 bridgehead atoms. The Morgan fingerprint density at radius 2 is 0.364 bits per heavy atom. The molecule has 6 heterocycles. The summed E-state index contributed by atoms with van der Waals surface area (Å²) in [6.45, 7) is 0. The van der Waals surface area contributed by atoms with Gasteiger partial charge in [-0.05, 0) is 89.9 Å². The van der Waals surface area contributed by atoms with Crippen molar-refractivity contribution in [3.63, 3.8) is 0 Å². The van der Waals surface area contributed by atoms with Gasteiger partial charge in [0.2, 0.25) is 0 Å². The zero-order chi connectivity index (χ0) is 36.4. The number of rotatable bonds is 7. The molecule has 0 unspecified atom stereocenters. The summed E-state index contributed by atoms with van der Waals surface area (Å²) in [4.78, 5) is 0. The van der Waals surface area contributed by atoms with Crippen LogP contribution in [0.25, 0.3) is 0 Å². The van der Waals surface area contributed by atoms with Gasteiger partial charge >= 0.3 is 71.2 Å². The third kappa shape index (κ3) is 6.03. The van der Waals surface area contributed by atoms with Gasteiger partial charge in [-0.15, -0.1) is 0 Å². The van der Waals surface area contributed by atoms with E-state index >= 15 is 0 Å². The first-order chi connectivity index (χ1) is 26.9. The van der Waals surface area contributed by atoms with Gasteiger partial charge in [0, 0.05) is 38.8 Å². The van der Waals surface area contributed by atoms with Crippen LogP contribution in [0.5, 0.6) is 0 Å². The molecule has 0 spiro atoms. The van der Waals surface area contributed by atoms with Gasteiger partial charge in [0.05, 0.1) is 0 Å². The molecule has 7 saturated carbocycles. The third-order valence-corrected chi connectivity index (χ3v) is 54.1. The van der Waals surface area contributed by atoms with Crippen LogP contribution in [0.3, 0.4) is 0 Å². The highest BCUT2D eigenvalue weighted by Gasteiger charge is 2.86. The molecule has 13 aliphatic rings. The average molecular weight is 902 g/mol. The standard InChI is InChI=1S/C35H64O12Si8/c1-2-16-29(15-1)49-36-48-37-50(30-17-3-4-18-30)41-52(39-49,32-21-7-8-22-32)45-55(35-27-13-14-28-35)46-53(40-49,33-23-9-10-24-33)42-51(38-48,31-19-5-6-20-31)44-54(43-50,47-55)34-25-11-12-26-34/h29-35,48H,1-28H2. The molecule has 13 fully saturated rings. The van der Waals surface area contributed by atoms with Crippen molar-refractivity contribution in [3.05, 3.63) is 0 Å². The van der Waals surface area contributed by atoms with Crippen LogP contribution < -0.4 is 0 Å². The lowest BCUT2D eigenvalue weighted by Gasteiger charge is -2.65. The van der Waals surface area contributed by atoms with E-state index in [4.69, 9.17) is 49.4 Å². The van der Waals surface area contributed by atoms with Crippen LogP contribution in [-0.2, 0) is 49.4 Å². The SMILES string of the molecule is C1CCC([Si]23O[SiH]4O[Si]5(C6CCCC6)O[Si](C6CCCC6)(O2)O[Si]2(C6CCCC6)O[Si](C6CCCC6)(O3)O[Si](C3CCCC3)(O4)O[Si](C3CCCC3)(O5)O2)C1. The van der Waals surface area contributed by atoms with Crippen LogP contribution in [-0.4, -0.2) is 71.2 Å². The lowest BCUT2D eigenvalue weighted by Crippen LogP contribution is -2.89. The van der Waals surface area contributed by atoms with Crippen LogP contribution in [0, 0.1) is 0 Å². The van der Waals surface area contributed by atoms with Crippen LogP contribution in [0.2, 0.25) is 38.8 Å². The quantitative estimate of drug-likeness (QED) is 0.227. The van der Waals surface area contributed by atoms with Crippen molar-refractivity contribution in [2.45, 2.75) is 219 Å². The minimum absolute atomic E-state index is 0.103. The van der Waals surface area contributed by atoms with E-state index in [2.05, 4.69) is 0 Å². The second-order valence-corrected chi connectivity index (χ2v) is 44.6. The molecule has 0 radical (unpaired) electrons. The first-order valence-electron chi connectivity index (χ1n) is 23.2. The van der Waals surface area contributed by atoms with E-state index in [0.29, 0.717) is 0 Å². The second kappa shape index (κ2) is 14.1. The smallest absolute Gasteiger partial charge is 0.375 e. The normalized spacial score (nSPS) is 50.7. The lowest BCUT2D eigenvalue weighted by molar-refractivity contribution is -0.0385. The van der Waals surface area contributed by atoms with Crippen molar-refractivity contribution >= 4 is 71.2 Å². The minimum Gasteiger partial charge on any atom is -0.375 e. The minimum atomic E-state index is -3.81. The Morgan fingerprint density at radius 3 is 0.545 bits per heavy atom. The number of hydrogen-bond donors (Lipinski definition) is 0. The molecule has 0 amide bonds. The largest absolute Gasteiger partial charge is 0.482 e. The van der Waals surface area contributed by atoms with Gasteiger partial charge in [-0.25, -0.2) is 0 Å². The van der Waals surface area contributed by atoms with Gasteiger partial charge in [-0.2, -0.15) is 0 Å². The molecule has 0 aromatic carbocycles. The fourth-order valence-corrected chi connectivity index (χ4v) is 66.8. The molecule has 20 heteroatoms. The number of hydrogen-bond acceptors (Lipinski definition) is 12. The molecule has 0 N–H and O–H groups in total. The zero-order valence-corrected chi connectivity index (χ0v) is 41.0. The van der Waals surface area contributed by atoms with Crippen molar-refractivity contribution in [2.75, 3.05) is 0 Å².